The van der Waals surface area contributed by atoms with Crippen molar-refractivity contribution in [2.45, 2.75) is 308 Å². The molecule has 0 aromatic heterocycles. The zero-order valence-corrected chi connectivity index (χ0v) is 90.4. The summed E-state index contributed by atoms with van der Waals surface area (Å²) < 4.78 is 0. The first-order valence-corrected chi connectivity index (χ1v) is 51.8. The van der Waals surface area contributed by atoms with Crippen LogP contribution in [-0.4, -0.2) is 6.04 Å². The first kappa shape index (κ1) is 114. The Morgan fingerprint density at radius 3 is 0.593 bits per heavy atom. The Labute approximate surface area is 824 Å². The van der Waals surface area contributed by atoms with Crippen LogP contribution in [0.25, 0.3) is 0 Å². The third-order valence-electron chi connectivity index (χ3n) is 24.4. The number of hydrogen-bond donors (Lipinski definition) is 0. The molecule has 14 aromatic carbocycles. The van der Waals surface area contributed by atoms with Crippen molar-refractivity contribution < 1.29 is 0 Å². The van der Waals surface area contributed by atoms with Gasteiger partial charge in [0.15, 0.2) is 0 Å². The van der Waals surface area contributed by atoms with Gasteiger partial charge in [-0.1, -0.05) is 466 Å². The first-order valence-electron chi connectivity index (χ1n) is 51.8. The zero-order chi connectivity index (χ0) is 100. The van der Waals surface area contributed by atoms with Crippen molar-refractivity contribution in [2.75, 3.05) is 24.5 Å². The van der Waals surface area contributed by atoms with Crippen molar-refractivity contribution >= 4 is 79.6 Å². The topological polar surface area (TPSA) is 16.2 Å². The second kappa shape index (κ2) is 56.4. The zero-order valence-electron chi connectivity index (χ0n) is 90.4. The molecule has 0 amide bonds. The van der Waals surface area contributed by atoms with Crippen LogP contribution >= 0.6 is 0 Å². The normalized spacial score (nSPS) is 12.7. The van der Waals surface area contributed by atoms with E-state index in [1.54, 1.807) is 0 Å². The Bertz CT molecular complexity index is 5510. The number of hydrogen-bond acceptors (Lipinski definition) is 5. The van der Waals surface area contributed by atoms with Crippen molar-refractivity contribution in [2.24, 2.45) is 0 Å². The molecule has 0 bridgehead atoms. The Hall–Kier alpha value is -11.9. The van der Waals surface area contributed by atoms with Gasteiger partial charge in [0.05, 0.1) is 22.7 Å². The van der Waals surface area contributed by atoms with E-state index < -0.39 is 0 Å². The molecule has 19 rings (SSSR count). The van der Waals surface area contributed by atoms with Crippen LogP contribution in [0.2, 0.25) is 0 Å². The summed E-state index contributed by atoms with van der Waals surface area (Å²) in [6.07, 6.45) is 2.01. The quantitative estimate of drug-likeness (QED) is 0.143. The molecule has 0 aliphatic carbocycles. The van der Waals surface area contributed by atoms with E-state index in [1.807, 2.05) is 138 Å². The largest absolute Gasteiger partial charge is 0.338 e. The van der Waals surface area contributed by atoms with Crippen molar-refractivity contribution in [1.82, 2.24) is 0 Å². The van der Waals surface area contributed by atoms with E-state index in [-0.39, 0.29) is 16.2 Å². The molecule has 0 spiro atoms. The molecule has 135 heavy (non-hydrogen) atoms. The molecule has 5 aliphatic heterocycles. The molecule has 0 saturated carbocycles. The third-order valence-corrected chi connectivity index (χ3v) is 24.4. The van der Waals surface area contributed by atoms with Gasteiger partial charge in [0.2, 0.25) is 0 Å². The summed E-state index contributed by atoms with van der Waals surface area (Å²) in [4.78, 5) is 12.1. The minimum absolute atomic E-state index is 0.000650. The molecular formula is C130H173N5. The van der Waals surface area contributed by atoms with Crippen LogP contribution in [0.15, 0.2) is 340 Å². The van der Waals surface area contributed by atoms with E-state index >= 15 is 0 Å². The van der Waals surface area contributed by atoms with Gasteiger partial charge >= 0.3 is 0 Å². The molecule has 0 atom stereocenters. The first-order chi connectivity index (χ1) is 65.5. The second-order valence-electron chi connectivity index (χ2n) is 34.6. The summed E-state index contributed by atoms with van der Waals surface area (Å²) in [5.41, 5.74) is 37.4. The Balaban J connectivity index is 0.000000285. The molecule has 5 heterocycles. The molecule has 0 saturated heterocycles. The Morgan fingerprint density at radius 1 is 0.178 bits per heavy atom. The van der Waals surface area contributed by atoms with Crippen molar-refractivity contribution in [3.63, 3.8) is 0 Å². The lowest BCUT2D eigenvalue weighted by Crippen LogP contribution is -2.36. The molecule has 0 radical (unpaired) electrons. The molecular weight excluding hydrogens is 1630 g/mol. The lowest BCUT2D eigenvalue weighted by Gasteiger charge is -2.43. The molecule has 0 fully saturated rings. The highest BCUT2D eigenvalue weighted by Crippen LogP contribution is 2.55. The molecule has 0 N–H and O–H groups in total. The maximum absolute atomic E-state index is 2.45. The van der Waals surface area contributed by atoms with E-state index in [9.17, 15) is 0 Å². The number of para-hydroxylation sites is 10. The Morgan fingerprint density at radius 2 is 0.363 bits per heavy atom. The van der Waals surface area contributed by atoms with E-state index in [2.05, 4.69) is 475 Å². The molecule has 14 aromatic rings. The Kier molecular flexibility index (Phi) is 47.5. The van der Waals surface area contributed by atoms with Gasteiger partial charge in [0.1, 0.15) is 0 Å². The average molecular weight is 1810 g/mol. The predicted octanol–water partition coefficient (Wildman–Crippen LogP) is 41.3. The predicted molar refractivity (Wildman–Crippen MR) is 606 cm³/mol. The van der Waals surface area contributed by atoms with Crippen molar-refractivity contribution in [3.8, 4) is 0 Å². The van der Waals surface area contributed by atoms with Crippen LogP contribution in [0.1, 0.15) is 351 Å². The fourth-order valence-corrected chi connectivity index (χ4v) is 18.0. The summed E-state index contributed by atoms with van der Waals surface area (Å²) in [6, 6.07) is 124. The monoisotopic (exact) mass is 1800 g/mol. The minimum atomic E-state index is -0.000650. The number of benzene rings is 14. The van der Waals surface area contributed by atoms with Gasteiger partial charge in [-0.3, -0.25) is 0 Å². The number of rotatable bonds is 9. The van der Waals surface area contributed by atoms with E-state index in [0.717, 1.165) is 12.8 Å². The van der Waals surface area contributed by atoms with E-state index in [4.69, 9.17) is 0 Å². The maximum atomic E-state index is 2.45. The van der Waals surface area contributed by atoms with Crippen LogP contribution in [-0.2, 0) is 29.1 Å². The van der Waals surface area contributed by atoms with Gasteiger partial charge in [-0.25, -0.2) is 0 Å². The van der Waals surface area contributed by atoms with Gasteiger partial charge in [-0.2, -0.15) is 0 Å². The third kappa shape index (κ3) is 26.4. The minimum Gasteiger partial charge on any atom is -0.338 e. The van der Waals surface area contributed by atoms with Crippen LogP contribution in [0, 0.1) is 0 Å². The van der Waals surface area contributed by atoms with Crippen molar-refractivity contribution in [3.05, 3.63) is 418 Å². The van der Waals surface area contributed by atoms with E-state index in [1.165, 1.54) is 158 Å². The number of nitrogens with zero attached hydrogens (tertiary/aromatic N) is 5. The highest BCUT2D eigenvalue weighted by molar-refractivity contribution is 5.89. The van der Waals surface area contributed by atoms with Gasteiger partial charge in [0, 0.05) is 92.0 Å². The lowest BCUT2D eigenvalue weighted by atomic mass is 9.73. The number of fused-ring (bicyclic) bond motifs is 10. The van der Waals surface area contributed by atoms with Crippen LogP contribution in [0.5, 0.6) is 0 Å². The highest BCUT2D eigenvalue weighted by atomic mass is 15.2. The average Bonchev–Trinajstić information content (AvgIpc) is 0.732. The van der Waals surface area contributed by atoms with Crippen LogP contribution < -0.4 is 24.5 Å². The molecule has 718 valence electrons. The van der Waals surface area contributed by atoms with Crippen molar-refractivity contribution in [1.29, 1.82) is 0 Å². The molecule has 0 unspecified atom stereocenters. The highest BCUT2D eigenvalue weighted by Gasteiger charge is 2.40. The standard InChI is InChI=1S/2C24H25N.2C22H21N.C18H21N.10C2H6/c1-17(2)18-10-9-11-19(16-18)25-22-14-7-5-12-20(22)24(3,4)21-13-6-8-15-23(21)25;1-17(2)18-13-15-19(16-14-18)25-22-11-7-5-9-20(22)24(3,4)21-10-6-8-12-23(21)25;1-16(2)17-10-7-11-20(15-17)23-21-12-5-3-8-18(21)14-19-9-4-6-13-22(19)23;1-16(2)17-11-13-20(14-12-17)23-21-9-5-3-7-18(21)15-19-8-4-6-10-22(19)23;1-13(2)19-16-11-7-5-9-14(16)18(3,4)15-10-6-8-12-17(15)19;10*1-2/h2*5-17H,1-4H3;3-13,15-16H,14H2,1-2H3;3-14,16H,15H2,1-2H3;5-13H,1-4H3;10*1-2H3. The summed E-state index contributed by atoms with van der Waals surface area (Å²) in [5, 5.41) is 0. The SMILES string of the molecule is CC.CC.CC.CC.CC.CC.CC.CC.CC.CC.CC(C)N1c2ccccc2C(C)(C)c2ccccc21.CC(C)c1ccc(N2c3ccccc3C(C)(C)c3ccccc32)cc1.CC(C)c1ccc(N2c3ccccc3Cc3ccccc32)cc1.CC(C)c1cccc(N2c3ccccc3C(C)(C)c3ccccc32)c1.CC(C)c1cccc(N2c3ccccc3Cc3ccccc32)c1. The smallest absolute Gasteiger partial charge is 0.0502 e. The van der Waals surface area contributed by atoms with E-state index in [0.29, 0.717) is 29.7 Å². The summed E-state index contributed by atoms with van der Waals surface area (Å²) >= 11 is 0. The van der Waals surface area contributed by atoms with Gasteiger partial charge in [-0.05, 0) is 225 Å². The second-order valence-corrected chi connectivity index (χ2v) is 34.6. The summed E-state index contributed by atoms with van der Waals surface area (Å²) in [6.45, 7) is 76.4. The fourth-order valence-electron chi connectivity index (χ4n) is 18.0. The van der Waals surface area contributed by atoms with Crippen LogP contribution in [0.4, 0.5) is 79.6 Å². The van der Waals surface area contributed by atoms with Gasteiger partial charge in [-0.15, -0.1) is 0 Å². The summed E-state index contributed by atoms with van der Waals surface area (Å²) in [5.74, 6) is 2.16. The maximum Gasteiger partial charge on any atom is 0.0502 e. The summed E-state index contributed by atoms with van der Waals surface area (Å²) in [7, 11) is 0. The molecule has 5 heteroatoms. The fraction of sp³-hybridized carbons (Fsp3) is 0.354. The number of anilines is 14. The lowest BCUT2D eigenvalue weighted by molar-refractivity contribution is 0.613. The van der Waals surface area contributed by atoms with Gasteiger partial charge in [0.25, 0.3) is 0 Å². The molecule has 5 aliphatic rings. The van der Waals surface area contributed by atoms with Crippen LogP contribution in [0.3, 0.4) is 0 Å². The van der Waals surface area contributed by atoms with Gasteiger partial charge < -0.3 is 24.5 Å². The molecule has 5 nitrogen and oxygen atoms in total.